The van der Waals surface area contributed by atoms with Crippen molar-refractivity contribution in [2.24, 2.45) is 11.7 Å². The Morgan fingerprint density at radius 2 is 1.71 bits per heavy atom. The van der Waals surface area contributed by atoms with Crippen LogP contribution in [0.3, 0.4) is 0 Å². The van der Waals surface area contributed by atoms with Crippen molar-refractivity contribution in [2.45, 2.75) is 58.3 Å². The third kappa shape index (κ3) is 5.53. The third-order valence-electron chi connectivity index (χ3n) is 3.64. The molecular weight excluding hydrogens is 212 g/mol. The number of nitrogens with two attached hydrogens (primary N) is 1. The summed E-state index contributed by atoms with van der Waals surface area (Å²) in [5.74, 6) is 0.899. The highest BCUT2D eigenvalue weighted by molar-refractivity contribution is 5.76. The molecule has 1 heterocycles. The lowest BCUT2D eigenvalue weighted by molar-refractivity contribution is -0.137. The molecule has 0 spiro atoms. The molecule has 3 heteroatoms. The van der Waals surface area contributed by atoms with Gasteiger partial charge in [-0.25, -0.2) is 0 Å². The summed E-state index contributed by atoms with van der Waals surface area (Å²) in [6.07, 6.45) is 9.65. The van der Waals surface area contributed by atoms with E-state index in [1.165, 1.54) is 38.5 Å². The Morgan fingerprint density at radius 1 is 1.12 bits per heavy atom. The van der Waals surface area contributed by atoms with E-state index >= 15 is 0 Å². The Labute approximate surface area is 106 Å². The Morgan fingerprint density at radius 3 is 2.29 bits per heavy atom. The van der Waals surface area contributed by atoms with Crippen LogP contribution in [0, 0.1) is 5.92 Å². The second-order valence-corrected chi connectivity index (χ2v) is 5.27. The van der Waals surface area contributed by atoms with E-state index in [2.05, 4.69) is 6.92 Å². The molecule has 1 aliphatic rings. The zero-order valence-corrected chi connectivity index (χ0v) is 11.3. The van der Waals surface area contributed by atoms with Crippen molar-refractivity contribution in [3.63, 3.8) is 0 Å². The van der Waals surface area contributed by atoms with Crippen LogP contribution in [0.1, 0.15) is 58.3 Å². The van der Waals surface area contributed by atoms with E-state index in [1.807, 2.05) is 4.90 Å². The molecule has 1 aliphatic heterocycles. The first-order chi connectivity index (χ1) is 8.27. The summed E-state index contributed by atoms with van der Waals surface area (Å²) in [7, 11) is 0. The Balaban J connectivity index is 1.88. The molecule has 17 heavy (non-hydrogen) atoms. The second kappa shape index (κ2) is 8.51. The average molecular weight is 240 g/mol. The fraction of sp³-hybridized carbons (Fsp3) is 0.929. The highest BCUT2D eigenvalue weighted by Crippen LogP contribution is 2.16. The number of rotatable bonds is 9. The summed E-state index contributed by atoms with van der Waals surface area (Å²) in [4.78, 5) is 13.7. The molecule has 3 nitrogen and oxygen atoms in total. The summed E-state index contributed by atoms with van der Waals surface area (Å²) < 4.78 is 0. The van der Waals surface area contributed by atoms with Crippen molar-refractivity contribution in [3.05, 3.63) is 0 Å². The van der Waals surface area contributed by atoms with Crippen LogP contribution in [-0.4, -0.2) is 30.4 Å². The van der Waals surface area contributed by atoms with E-state index in [-0.39, 0.29) is 0 Å². The molecule has 0 saturated carbocycles. The van der Waals surface area contributed by atoms with E-state index in [0.29, 0.717) is 11.8 Å². The largest absolute Gasteiger partial charge is 0.342 e. The van der Waals surface area contributed by atoms with Crippen molar-refractivity contribution < 1.29 is 4.79 Å². The van der Waals surface area contributed by atoms with Gasteiger partial charge in [-0.2, -0.15) is 0 Å². The van der Waals surface area contributed by atoms with E-state index < -0.39 is 0 Å². The van der Waals surface area contributed by atoms with Gasteiger partial charge in [-0.05, 0) is 13.0 Å². The van der Waals surface area contributed by atoms with Crippen molar-refractivity contribution in [2.75, 3.05) is 19.6 Å². The fourth-order valence-corrected chi connectivity index (χ4v) is 2.31. The molecule has 1 saturated heterocycles. The third-order valence-corrected chi connectivity index (χ3v) is 3.64. The monoisotopic (exact) mass is 240 g/mol. The molecule has 1 amide bonds. The summed E-state index contributed by atoms with van der Waals surface area (Å²) >= 11 is 0. The van der Waals surface area contributed by atoms with Gasteiger partial charge >= 0.3 is 0 Å². The first kappa shape index (κ1) is 14.5. The van der Waals surface area contributed by atoms with Gasteiger partial charge in [0.1, 0.15) is 0 Å². The minimum absolute atomic E-state index is 0.336. The average Bonchev–Trinajstić information content (AvgIpc) is 2.26. The lowest BCUT2D eigenvalue weighted by Gasteiger charge is -2.38. The van der Waals surface area contributed by atoms with Gasteiger partial charge in [0.05, 0.1) is 0 Å². The summed E-state index contributed by atoms with van der Waals surface area (Å²) in [6, 6.07) is 0. The van der Waals surface area contributed by atoms with Crippen LogP contribution in [0.5, 0.6) is 0 Å². The van der Waals surface area contributed by atoms with Gasteiger partial charge < -0.3 is 10.6 Å². The molecule has 0 atom stereocenters. The van der Waals surface area contributed by atoms with Crippen LogP contribution in [0.4, 0.5) is 0 Å². The number of carbonyl (C=O) groups is 1. The van der Waals surface area contributed by atoms with Gasteiger partial charge in [0.2, 0.25) is 5.91 Å². The lowest BCUT2D eigenvalue weighted by Crippen LogP contribution is -2.52. The Kier molecular flexibility index (Phi) is 7.25. The Bertz CT molecular complexity index is 212. The number of nitrogens with zero attached hydrogens (tertiary/aromatic N) is 1. The maximum atomic E-state index is 11.7. The van der Waals surface area contributed by atoms with Crippen LogP contribution < -0.4 is 5.73 Å². The van der Waals surface area contributed by atoms with Crippen molar-refractivity contribution in [1.29, 1.82) is 0 Å². The fourth-order valence-electron chi connectivity index (χ4n) is 2.31. The molecule has 0 bridgehead atoms. The van der Waals surface area contributed by atoms with Gasteiger partial charge in [0.15, 0.2) is 0 Å². The number of likely N-dealkylation sites (tertiary alicyclic amines) is 1. The summed E-state index contributed by atoms with van der Waals surface area (Å²) in [5.41, 5.74) is 5.54. The SMILES string of the molecule is CCCCCCCCCC(=O)N1CC(CN)C1. The molecule has 0 aliphatic carbocycles. The molecule has 1 rings (SSSR count). The standard InChI is InChI=1S/C14H28N2O/c1-2-3-4-5-6-7-8-9-14(17)16-11-13(10-15)12-16/h13H,2-12,15H2,1H3. The van der Waals surface area contributed by atoms with Crippen LogP contribution in [-0.2, 0) is 4.79 Å². The predicted octanol–water partition coefficient (Wildman–Crippen LogP) is 2.54. The van der Waals surface area contributed by atoms with E-state index in [0.717, 1.165) is 32.5 Å². The topological polar surface area (TPSA) is 46.3 Å². The summed E-state index contributed by atoms with van der Waals surface area (Å²) in [6.45, 7) is 4.75. The minimum atomic E-state index is 0.336. The molecule has 0 radical (unpaired) electrons. The smallest absolute Gasteiger partial charge is 0.222 e. The number of unbranched alkanes of at least 4 members (excludes halogenated alkanes) is 6. The number of hydrogen-bond acceptors (Lipinski definition) is 2. The van der Waals surface area contributed by atoms with E-state index in [1.54, 1.807) is 0 Å². The van der Waals surface area contributed by atoms with Crippen LogP contribution >= 0.6 is 0 Å². The van der Waals surface area contributed by atoms with E-state index in [9.17, 15) is 4.79 Å². The van der Waals surface area contributed by atoms with Crippen LogP contribution in [0.2, 0.25) is 0 Å². The van der Waals surface area contributed by atoms with Gasteiger partial charge in [-0.15, -0.1) is 0 Å². The zero-order chi connectivity index (χ0) is 12.5. The molecule has 0 unspecified atom stereocenters. The Hall–Kier alpha value is -0.570. The minimum Gasteiger partial charge on any atom is -0.342 e. The maximum Gasteiger partial charge on any atom is 0.222 e. The maximum absolute atomic E-state index is 11.7. The molecule has 0 aromatic heterocycles. The normalized spacial score (nSPS) is 16.0. The molecular formula is C14H28N2O. The first-order valence-corrected chi connectivity index (χ1v) is 7.25. The van der Waals surface area contributed by atoms with Crippen molar-refractivity contribution in [3.8, 4) is 0 Å². The zero-order valence-electron chi connectivity index (χ0n) is 11.3. The predicted molar refractivity (Wildman–Crippen MR) is 71.7 cm³/mol. The molecule has 100 valence electrons. The second-order valence-electron chi connectivity index (χ2n) is 5.27. The van der Waals surface area contributed by atoms with Crippen LogP contribution in [0.25, 0.3) is 0 Å². The van der Waals surface area contributed by atoms with Gasteiger partial charge in [-0.3, -0.25) is 4.79 Å². The lowest BCUT2D eigenvalue weighted by atomic mass is 9.99. The quantitative estimate of drug-likeness (QED) is 0.630. The molecule has 0 aromatic carbocycles. The van der Waals surface area contributed by atoms with Gasteiger partial charge in [-0.1, -0.05) is 45.4 Å². The van der Waals surface area contributed by atoms with Crippen molar-refractivity contribution in [1.82, 2.24) is 4.90 Å². The highest BCUT2D eigenvalue weighted by atomic mass is 16.2. The van der Waals surface area contributed by atoms with Gasteiger partial charge in [0.25, 0.3) is 0 Å². The van der Waals surface area contributed by atoms with E-state index in [4.69, 9.17) is 5.73 Å². The number of hydrogen-bond donors (Lipinski definition) is 1. The molecule has 1 fully saturated rings. The number of carbonyl (C=O) groups excluding carboxylic acids is 1. The van der Waals surface area contributed by atoms with Crippen LogP contribution in [0.15, 0.2) is 0 Å². The van der Waals surface area contributed by atoms with Crippen molar-refractivity contribution >= 4 is 5.91 Å². The molecule has 2 N–H and O–H groups in total. The number of amides is 1. The summed E-state index contributed by atoms with van der Waals surface area (Å²) in [5, 5.41) is 0. The van der Waals surface area contributed by atoms with Gasteiger partial charge in [0, 0.05) is 25.4 Å². The first-order valence-electron chi connectivity index (χ1n) is 7.25. The molecule has 0 aromatic rings. The highest BCUT2D eigenvalue weighted by Gasteiger charge is 2.28.